The molecule has 4 aromatic rings. The number of carbonyl (C=O) groups excluding carboxylic acids is 2. The van der Waals surface area contributed by atoms with E-state index in [9.17, 15) is 31.7 Å². The van der Waals surface area contributed by atoms with Gasteiger partial charge in [0.25, 0.3) is 0 Å². The van der Waals surface area contributed by atoms with Gasteiger partial charge >= 0.3 is 6.03 Å². The Kier molecular flexibility index (Phi) is 26.5. The fourth-order valence-corrected chi connectivity index (χ4v) is 14.6. The van der Waals surface area contributed by atoms with Crippen LogP contribution < -0.4 is 36.3 Å². The Balaban J connectivity index is 0.586. The molecule has 2 aliphatic carbocycles. The molecule has 2 heterocycles. The van der Waals surface area contributed by atoms with Gasteiger partial charge in [-0.1, -0.05) is 29.6 Å². The maximum atomic E-state index is 13.2. The number of nitriles is 1. The molecule has 0 saturated carbocycles. The number of carbonyl (C=O) groups is 2. The highest BCUT2D eigenvalue weighted by molar-refractivity contribution is 7.91. The van der Waals surface area contributed by atoms with Crippen molar-refractivity contribution in [1.82, 2.24) is 25.2 Å². The van der Waals surface area contributed by atoms with Crippen molar-refractivity contribution in [3.05, 3.63) is 122 Å². The highest BCUT2D eigenvalue weighted by Gasteiger charge is 2.42. The number of amides is 2. The maximum absolute atomic E-state index is 13.2. The number of hydrogen-bond donors (Lipinski definition) is 5. The number of piperidine rings is 2. The fourth-order valence-electron chi connectivity index (χ4n) is 11.9. The first kappa shape index (κ1) is 68.4. The molecule has 2 amide bonds. The highest BCUT2D eigenvalue weighted by atomic mass is 35.5. The zero-order chi connectivity index (χ0) is 62.5. The minimum absolute atomic E-state index is 0.0465. The molecule has 8 rings (SSSR count). The number of halogens is 2. The van der Waals surface area contributed by atoms with Crippen LogP contribution >= 0.6 is 23.2 Å². The van der Waals surface area contributed by atoms with Crippen molar-refractivity contribution in [2.45, 2.75) is 130 Å². The van der Waals surface area contributed by atoms with Crippen molar-refractivity contribution in [1.29, 1.82) is 5.26 Å². The van der Waals surface area contributed by atoms with E-state index >= 15 is 0 Å². The van der Waals surface area contributed by atoms with Crippen LogP contribution in [0, 0.1) is 17.9 Å². The van der Waals surface area contributed by atoms with Crippen molar-refractivity contribution in [2.24, 2.45) is 11.5 Å². The molecule has 0 spiro atoms. The van der Waals surface area contributed by atoms with Crippen LogP contribution in [0.15, 0.2) is 82.6 Å². The molecule has 0 bridgehead atoms. The normalized spacial score (nSPS) is 20.4. The Morgan fingerprint density at radius 2 is 1.16 bits per heavy atom. The zero-order valence-corrected chi connectivity index (χ0v) is 53.0. The van der Waals surface area contributed by atoms with Gasteiger partial charge in [0.05, 0.1) is 85.5 Å². The molecule has 88 heavy (non-hydrogen) atoms. The molecular weight excluding hydrogens is 1210 g/mol. The quantitative estimate of drug-likeness (QED) is 0.0217. The van der Waals surface area contributed by atoms with Crippen LogP contribution in [0.2, 0.25) is 10.0 Å². The molecule has 2 aliphatic heterocycles. The van der Waals surface area contributed by atoms with Gasteiger partial charge in [0.2, 0.25) is 10.0 Å². The minimum atomic E-state index is -3.82. The molecule has 4 aromatic carbocycles. The monoisotopic (exact) mass is 1290 g/mol. The standard InChI is InChI=1S/C63H83Cl2N9O12S2/c1-69-58-38-46(65)37-57-55(58)40-60(74-25-6-10-48(68)43-74)62(57)86-51-15-19-53(20-16-51)88(79,80)72-23-29-84-33-30-81-26-7-12-49(75)11-3-2-4-21-70-63(76)71-22-28-83-32-31-82-27-8-34-87(77,78)52-17-13-50(14-18-52)85-61-56-36-45(64)35-44(41-66)54(56)39-59(61)73-24-5-9-47(67)42-73/h13-20,35-38,47-48,59-62,72H,2-12,21-34,39-40,42-43,67-68H2,(H2,70,71,76)/t47-,48-,59+,60+,61+,62+/m1/s1. The van der Waals surface area contributed by atoms with Crippen molar-refractivity contribution >= 4 is 60.6 Å². The van der Waals surface area contributed by atoms with E-state index < -0.39 is 32.1 Å². The van der Waals surface area contributed by atoms with Gasteiger partial charge in [0.1, 0.15) is 29.5 Å². The lowest BCUT2D eigenvalue weighted by Crippen LogP contribution is -2.49. The van der Waals surface area contributed by atoms with E-state index in [0.29, 0.717) is 97.6 Å². The molecule has 21 nitrogen and oxygen atoms in total. The summed E-state index contributed by atoms with van der Waals surface area (Å²) in [6, 6.07) is 21.8. The second kappa shape index (κ2) is 34.1. The van der Waals surface area contributed by atoms with Gasteiger partial charge in [0.15, 0.2) is 15.5 Å². The lowest BCUT2D eigenvalue weighted by Gasteiger charge is -2.38. The van der Waals surface area contributed by atoms with Crippen LogP contribution in [0.1, 0.15) is 111 Å². The van der Waals surface area contributed by atoms with E-state index in [-0.39, 0.29) is 97.7 Å². The van der Waals surface area contributed by atoms with Gasteiger partial charge in [-0.05, 0) is 172 Å². The van der Waals surface area contributed by atoms with Crippen molar-refractivity contribution in [3.8, 4) is 17.6 Å². The summed E-state index contributed by atoms with van der Waals surface area (Å²) in [5.41, 5.74) is 17.3. The number of nitrogens with zero attached hydrogens (tertiary/aromatic N) is 4. The average Bonchev–Trinajstić information content (AvgIpc) is 2.32. The van der Waals surface area contributed by atoms with Crippen LogP contribution in [0.25, 0.3) is 4.85 Å². The predicted octanol–water partition coefficient (Wildman–Crippen LogP) is 7.77. The largest absolute Gasteiger partial charge is 0.484 e. The summed E-state index contributed by atoms with van der Waals surface area (Å²) in [4.78, 5) is 33.2. The summed E-state index contributed by atoms with van der Waals surface area (Å²) < 4.78 is 90.5. The Hall–Kier alpha value is -5.48. The number of likely N-dealkylation sites (tertiary alicyclic amines) is 2. The van der Waals surface area contributed by atoms with Crippen molar-refractivity contribution < 1.29 is 54.8 Å². The third-order valence-corrected chi connectivity index (χ3v) is 20.0. The summed E-state index contributed by atoms with van der Waals surface area (Å²) >= 11 is 12.9. The maximum Gasteiger partial charge on any atom is 0.314 e. The third kappa shape index (κ3) is 20.0. The summed E-state index contributed by atoms with van der Waals surface area (Å²) in [5.74, 6) is 1.07. The van der Waals surface area contributed by atoms with E-state index in [1.807, 2.05) is 12.1 Å². The molecule has 478 valence electrons. The molecular formula is C63H83Cl2N9O12S2. The Morgan fingerprint density at radius 3 is 1.75 bits per heavy atom. The van der Waals surface area contributed by atoms with E-state index in [2.05, 4.69) is 36.1 Å². The van der Waals surface area contributed by atoms with Gasteiger partial charge in [-0.25, -0.2) is 31.2 Å². The topological polar surface area (TPSA) is 281 Å². The number of Topliss-reactive ketones (excluding diaryl/α,β-unsaturated/α-hetero) is 1. The number of nitrogens with one attached hydrogen (secondary N) is 3. The van der Waals surface area contributed by atoms with E-state index in [0.717, 1.165) is 93.4 Å². The Morgan fingerprint density at radius 1 is 0.636 bits per heavy atom. The fraction of sp³-hybridized carbons (Fsp3) is 0.556. The SMILES string of the molecule is [C-]#[N+]c1cc(Cl)cc2c1C[C@H](N1CCC[C@@H](N)C1)[C@H]2Oc1ccc(S(=O)(=O)NCCOCCOCCCC(=O)CCCCCNC(=O)NCCOCCOCCCS(=O)(=O)c2ccc(O[C@H]3c4cc(Cl)cc(C#N)c4C[C@@H]3N3CCC[C@@H](N)C3)cc2)cc1. The number of ketones is 1. The van der Waals surface area contributed by atoms with Gasteiger partial charge in [0, 0.05) is 80.9 Å². The average molecular weight is 1290 g/mol. The number of nitrogens with two attached hydrogens (primary N) is 2. The molecule has 4 aliphatic rings. The van der Waals surface area contributed by atoms with Gasteiger partial charge in [-0.3, -0.25) is 14.6 Å². The van der Waals surface area contributed by atoms with Crippen LogP contribution in [0.4, 0.5) is 10.5 Å². The number of hydrogen-bond acceptors (Lipinski definition) is 17. The van der Waals surface area contributed by atoms with Crippen LogP contribution in [-0.4, -0.2) is 167 Å². The van der Waals surface area contributed by atoms with Crippen LogP contribution in [0.3, 0.4) is 0 Å². The number of rotatable bonds is 35. The molecule has 0 aromatic heterocycles. The Labute approximate surface area is 528 Å². The highest BCUT2D eigenvalue weighted by Crippen LogP contribution is 2.45. The molecule has 2 saturated heterocycles. The number of benzene rings is 4. The molecule has 7 N–H and O–H groups in total. The number of urea groups is 1. The van der Waals surface area contributed by atoms with Gasteiger partial charge in [-0.15, -0.1) is 0 Å². The van der Waals surface area contributed by atoms with E-state index in [4.69, 9.17) is 69.7 Å². The lowest BCUT2D eigenvalue weighted by atomic mass is 10.0. The first-order valence-electron chi connectivity index (χ1n) is 30.5. The number of sulfone groups is 1. The third-order valence-electron chi connectivity index (χ3n) is 16.3. The summed E-state index contributed by atoms with van der Waals surface area (Å²) in [7, 11) is -7.40. The van der Waals surface area contributed by atoms with Gasteiger partial charge < -0.3 is 50.5 Å². The van der Waals surface area contributed by atoms with Crippen molar-refractivity contribution in [3.63, 3.8) is 0 Å². The first-order chi connectivity index (χ1) is 42.5. The number of ether oxygens (including phenoxy) is 6. The molecule has 0 unspecified atom stereocenters. The minimum Gasteiger partial charge on any atom is -0.484 e. The summed E-state index contributed by atoms with van der Waals surface area (Å²) in [6.45, 7) is 14.0. The van der Waals surface area contributed by atoms with Crippen LogP contribution in [0.5, 0.6) is 11.5 Å². The second-order valence-electron chi connectivity index (χ2n) is 22.7. The van der Waals surface area contributed by atoms with Crippen LogP contribution in [-0.2, 0) is 56.4 Å². The molecule has 6 atom stereocenters. The van der Waals surface area contributed by atoms with E-state index in [1.165, 1.54) is 12.1 Å². The summed E-state index contributed by atoms with van der Waals surface area (Å²) in [6.07, 6.45) is 8.30. The number of fused-ring (bicyclic) bond motifs is 2. The number of unbranched alkanes of at least 4 members (excludes halogenated alkanes) is 2. The zero-order valence-electron chi connectivity index (χ0n) is 49.8. The second-order valence-corrected chi connectivity index (χ2v) is 27.5. The predicted molar refractivity (Wildman–Crippen MR) is 335 cm³/mol. The summed E-state index contributed by atoms with van der Waals surface area (Å²) in [5, 5.41) is 16.3. The molecule has 0 radical (unpaired) electrons. The molecule has 2 fully saturated rings. The number of sulfonamides is 1. The lowest BCUT2D eigenvalue weighted by molar-refractivity contribution is -0.119. The van der Waals surface area contributed by atoms with Gasteiger partial charge in [-0.2, -0.15) is 5.26 Å². The smallest absolute Gasteiger partial charge is 0.314 e. The molecule has 25 heteroatoms. The first-order valence-corrected chi connectivity index (χ1v) is 34.4. The van der Waals surface area contributed by atoms with Crippen molar-refractivity contribution in [2.75, 3.05) is 104 Å². The Bertz CT molecular complexity index is 3050. The van der Waals surface area contributed by atoms with E-state index in [1.54, 1.807) is 48.5 Å².